The van der Waals surface area contributed by atoms with Crippen LogP contribution in [0.3, 0.4) is 0 Å². The number of nitrogens with zero attached hydrogens (tertiary/aromatic N) is 2. The van der Waals surface area contributed by atoms with Gasteiger partial charge in [0.05, 0.1) is 0 Å². The first-order chi connectivity index (χ1) is 11.5. The number of aryl methyl sites for hydroxylation is 2. The number of benzene rings is 2. The van der Waals surface area contributed by atoms with Gasteiger partial charge in [-0.05, 0) is 43.7 Å². The highest BCUT2D eigenvalue weighted by Gasteiger charge is 2.11. The molecule has 0 amide bonds. The molecule has 0 aliphatic carbocycles. The summed E-state index contributed by atoms with van der Waals surface area (Å²) in [4.78, 5) is 8.28. The van der Waals surface area contributed by atoms with Crippen LogP contribution in [0.25, 0.3) is 0 Å². The lowest BCUT2D eigenvalue weighted by Gasteiger charge is -2.12. The topological polar surface area (TPSA) is 73.1 Å². The van der Waals surface area contributed by atoms with E-state index in [0.29, 0.717) is 28.2 Å². The summed E-state index contributed by atoms with van der Waals surface area (Å²) in [5.41, 5.74) is 9.40. The van der Waals surface area contributed by atoms with Gasteiger partial charge in [0.1, 0.15) is 17.8 Å². The predicted molar refractivity (Wildman–Crippen MR) is 97.2 cm³/mol. The molecule has 3 aromatic rings. The van der Waals surface area contributed by atoms with Gasteiger partial charge in [0, 0.05) is 10.7 Å². The van der Waals surface area contributed by atoms with Crippen molar-refractivity contribution in [3.63, 3.8) is 0 Å². The first-order valence-electron chi connectivity index (χ1n) is 7.41. The van der Waals surface area contributed by atoms with Crippen molar-refractivity contribution in [2.75, 3.05) is 11.1 Å². The molecule has 0 fully saturated rings. The van der Waals surface area contributed by atoms with Crippen LogP contribution in [0.15, 0.2) is 48.8 Å². The third-order valence-electron chi connectivity index (χ3n) is 3.52. The Morgan fingerprint density at radius 3 is 2.50 bits per heavy atom. The molecule has 0 saturated carbocycles. The summed E-state index contributed by atoms with van der Waals surface area (Å²) in [6.07, 6.45) is 1.40. The van der Waals surface area contributed by atoms with Crippen molar-refractivity contribution in [3.05, 3.63) is 64.9 Å². The lowest BCUT2D eigenvalue weighted by molar-refractivity contribution is 0.464. The van der Waals surface area contributed by atoms with Crippen molar-refractivity contribution in [2.24, 2.45) is 0 Å². The van der Waals surface area contributed by atoms with Crippen LogP contribution in [0.1, 0.15) is 11.1 Å². The molecule has 24 heavy (non-hydrogen) atoms. The van der Waals surface area contributed by atoms with Crippen LogP contribution < -0.4 is 15.8 Å². The number of anilines is 3. The fraction of sp³-hybridized carbons (Fsp3) is 0.111. The van der Waals surface area contributed by atoms with E-state index < -0.39 is 0 Å². The zero-order chi connectivity index (χ0) is 17.1. The van der Waals surface area contributed by atoms with E-state index in [1.807, 2.05) is 56.3 Å². The molecule has 5 nitrogen and oxygen atoms in total. The Kier molecular flexibility index (Phi) is 4.53. The van der Waals surface area contributed by atoms with E-state index in [1.165, 1.54) is 6.33 Å². The molecule has 122 valence electrons. The molecule has 0 spiro atoms. The van der Waals surface area contributed by atoms with E-state index in [0.717, 1.165) is 16.8 Å². The number of nitrogens with two attached hydrogens (primary N) is 1. The summed E-state index contributed by atoms with van der Waals surface area (Å²) in [6.45, 7) is 3.95. The molecule has 3 rings (SSSR count). The molecule has 0 atom stereocenters. The quantitative estimate of drug-likeness (QED) is 0.709. The van der Waals surface area contributed by atoms with Gasteiger partial charge in [-0.15, -0.1) is 0 Å². The van der Waals surface area contributed by atoms with Gasteiger partial charge in [-0.25, -0.2) is 4.98 Å². The average molecular weight is 341 g/mol. The molecule has 3 N–H and O–H groups in total. The molecule has 0 saturated heterocycles. The van der Waals surface area contributed by atoms with Crippen LogP contribution in [-0.2, 0) is 0 Å². The van der Waals surface area contributed by atoms with Crippen molar-refractivity contribution in [3.8, 4) is 11.6 Å². The first-order valence-corrected chi connectivity index (χ1v) is 7.79. The van der Waals surface area contributed by atoms with Gasteiger partial charge >= 0.3 is 0 Å². The van der Waals surface area contributed by atoms with Gasteiger partial charge < -0.3 is 15.8 Å². The van der Waals surface area contributed by atoms with Crippen LogP contribution >= 0.6 is 11.6 Å². The molecular formula is C18H17ClN4O. The highest BCUT2D eigenvalue weighted by molar-refractivity contribution is 6.31. The van der Waals surface area contributed by atoms with E-state index in [2.05, 4.69) is 15.3 Å². The summed E-state index contributed by atoms with van der Waals surface area (Å²) in [5, 5.41) is 3.81. The van der Waals surface area contributed by atoms with Crippen molar-refractivity contribution < 1.29 is 4.74 Å². The lowest BCUT2D eigenvalue weighted by Crippen LogP contribution is -2.03. The average Bonchev–Trinajstić information content (AvgIpc) is 2.57. The van der Waals surface area contributed by atoms with Gasteiger partial charge in [-0.1, -0.05) is 35.4 Å². The standard InChI is InChI=1S/C18H17ClN4O/c1-11-3-7-14(8-4-11)24-18-16(20)17(21-10-22-18)23-13-6-5-12(2)15(19)9-13/h3-10H,20H2,1-2H3,(H,21,22,23). The van der Waals surface area contributed by atoms with E-state index in [4.69, 9.17) is 22.1 Å². The van der Waals surface area contributed by atoms with Gasteiger partial charge in [0.2, 0.25) is 5.88 Å². The Bertz CT molecular complexity index is 865. The maximum atomic E-state index is 6.14. The summed E-state index contributed by atoms with van der Waals surface area (Å²) < 4.78 is 5.74. The highest BCUT2D eigenvalue weighted by Crippen LogP contribution is 2.31. The fourth-order valence-corrected chi connectivity index (χ4v) is 2.27. The van der Waals surface area contributed by atoms with Crippen molar-refractivity contribution in [1.82, 2.24) is 9.97 Å². The smallest absolute Gasteiger partial charge is 0.248 e. The Morgan fingerprint density at radius 1 is 1.04 bits per heavy atom. The number of nitrogens with one attached hydrogen (secondary N) is 1. The van der Waals surface area contributed by atoms with Gasteiger partial charge in [0.25, 0.3) is 0 Å². The second-order valence-electron chi connectivity index (χ2n) is 5.45. The number of hydrogen-bond acceptors (Lipinski definition) is 5. The predicted octanol–water partition coefficient (Wildman–Crippen LogP) is 4.86. The molecule has 0 radical (unpaired) electrons. The van der Waals surface area contributed by atoms with Crippen molar-refractivity contribution in [1.29, 1.82) is 0 Å². The Morgan fingerprint density at radius 2 is 1.79 bits per heavy atom. The summed E-state index contributed by atoms with van der Waals surface area (Å²) >= 11 is 6.14. The molecule has 6 heteroatoms. The minimum absolute atomic E-state index is 0.301. The number of rotatable bonds is 4. The number of halogens is 1. The maximum Gasteiger partial charge on any atom is 0.248 e. The number of nitrogen functional groups attached to an aromatic ring is 1. The zero-order valence-corrected chi connectivity index (χ0v) is 14.1. The molecule has 1 aromatic heterocycles. The normalized spacial score (nSPS) is 10.5. The van der Waals surface area contributed by atoms with Crippen LogP contribution in [-0.4, -0.2) is 9.97 Å². The summed E-state index contributed by atoms with van der Waals surface area (Å²) in [5.74, 6) is 1.43. The molecule has 0 bridgehead atoms. The number of aromatic nitrogens is 2. The molecule has 0 aliphatic heterocycles. The molecule has 1 heterocycles. The third-order valence-corrected chi connectivity index (χ3v) is 3.92. The first kappa shape index (κ1) is 16.1. The van der Waals surface area contributed by atoms with E-state index in [9.17, 15) is 0 Å². The van der Waals surface area contributed by atoms with Crippen molar-refractivity contribution in [2.45, 2.75) is 13.8 Å². The molecule has 0 unspecified atom stereocenters. The minimum Gasteiger partial charge on any atom is -0.437 e. The van der Waals surface area contributed by atoms with E-state index >= 15 is 0 Å². The van der Waals surface area contributed by atoms with Crippen LogP contribution in [0.4, 0.5) is 17.2 Å². The minimum atomic E-state index is 0.301. The second kappa shape index (κ2) is 6.76. The monoisotopic (exact) mass is 340 g/mol. The largest absolute Gasteiger partial charge is 0.437 e. The van der Waals surface area contributed by atoms with E-state index in [-0.39, 0.29) is 0 Å². The van der Waals surface area contributed by atoms with Gasteiger partial charge in [-0.3, -0.25) is 0 Å². The summed E-state index contributed by atoms with van der Waals surface area (Å²) in [6, 6.07) is 13.3. The molecule has 0 aliphatic rings. The van der Waals surface area contributed by atoms with Crippen molar-refractivity contribution >= 4 is 28.8 Å². The Balaban J connectivity index is 1.84. The lowest BCUT2D eigenvalue weighted by atomic mass is 10.2. The van der Waals surface area contributed by atoms with Crippen LogP contribution in [0.5, 0.6) is 11.6 Å². The Labute approximate surface area is 145 Å². The van der Waals surface area contributed by atoms with Gasteiger partial charge in [-0.2, -0.15) is 4.98 Å². The third kappa shape index (κ3) is 3.58. The zero-order valence-electron chi connectivity index (χ0n) is 13.4. The number of ether oxygens (including phenoxy) is 1. The molecular weight excluding hydrogens is 324 g/mol. The Hall–Kier alpha value is -2.79. The van der Waals surface area contributed by atoms with Gasteiger partial charge in [0.15, 0.2) is 5.82 Å². The number of hydrogen-bond donors (Lipinski definition) is 2. The van der Waals surface area contributed by atoms with E-state index in [1.54, 1.807) is 0 Å². The van der Waals surface area contributed by atoms with Crippen LogP contribution in [0, 0.1) is 13.8 Å². The SMILES string of the molecule is Cc1ccc(Oc2ncnc(Nc3ccc(C)c(Cl)c3)c2N)cc1. The highest BCUT2D eigenvalue weighted by atomic mass is 35.5. The second-order valence-corrected chi connectivity index (χ2v) is 5.85. The summed E-state index contributed by atoms with van der Waals surface area (Å²) in [7, 11) is 0. The maximum absolute atomic E-state index is 6.14. The fourth-order valence-electron chi connectivity index (χ4n) is 2.09. The van der Waals surface area contributed by atoms with Crippen LogP contribution in [0.2, 0.25) is 5.02 Å². The molecule has 2 aromatic carbocycles.